The fourth-order valence-electron chi connectivity index (χ4n) is 11.0. The Bertz CT molecular complexity index is 4130. The minimum Gasteiger partial charge on any atom is -0.456 e. The molecule has 13 aromatic rings. The molecule has 0 radical (unpaired) electrons. The van der Waals surface area contributed by atoms with Gasteiger partial charge in [-0.25, -0.2) is 0 Å². The first-order valence-corrected chi connectivity index (χ1v) is 23.8. The third-order valence-corrected chi connectivity index (χ3v) is 15.5. The molecule has 0 saturated carbocycles. The normalized spacial score (nSPS) is 13.0. The Morgan fingerprint density at radius 2 is 1.04 bits per heavy atom. The van der Waals surface area contributed by atoms with E-state index >= 15 is 0 Å². The molecule has 3 heterocycles. The lowest BCUT2D eigenvalue weighted by molar-refractivity contribution is 0.660. The number of anilines is 3. The summed E-state index contributed by atoms with van der Waals surface area (Å²) in [5.41, 5.74) is 18.6. The minimum absolute atomic E-state index is 0.155. The van der Waals surface area contributed by atoms with E-state index in [1.54, 1.807) is 0 Å². The van der Waals surface area contributed by atoms with Crippen molar-refractivity contribution in [2.24, 2.45) is 0 Å². The van der Waals surface area contributed by atoms with Gasteiger partial charge in [-0.15, -0.1) is 11.3 Å². The van der Waals surface area contributed by atoms with E-state index in [0.29, 0.717) is 0 Å². The van der Waals surface area contributed by atoms with Gasteiger partial charge in [0.1, 0.15) is 22.3 Å². The van der Waals surface area contributed by atoms with Crippen molar-refractivity contribution in [3.63, 3.8) is 0 Å². The van der Waals surface area contributed by atoms with Gasteiger partial charge in [-0.05, 0) is 117 Å². The van der Waals surface area contributed by atoms with Gasteiger partial charge in [0, 0.05) is 69.8 Å². The highest BCUT2D eigenvalue weighted by Gasteiger charge is 2.36. The zero-order valence-corrected chi connectivity index (χ0v) is 37.7. The third-order valence-electron chi connectivity index (χ3n) is 14.3. The Kier molecular flexibility index (Phi) is 8.20. The number of hydrogen-bond acceptors (Lipinski definition) is 4. The number of fused-ring (bicyclic) bond motifs is 12. The van der Waals surface area contributed by atoms with Gasteiger partial charge in [0.25, 0.3) is 0 Å². The molecule has 0 aliphatic heterocycles. The largest absolute Gasteiger partial charge is 0.456 e. The Labute approximate surface area is 391 Å². The van der Waals surface area contributed by atoms with Gasteiger partial charge in [-0.2, -0.15) is 0 Å². The van der Waals surface area contributed by atoms with E-state index in [9.17, 15) is 0 Å². The second kappa shape index (κ2) is 14.4. The maximum absolute atomic E-state index is 7.04. The second-order valence-electron chi connectivity index (χ2n) is 18.4. The Hall–Kier alpha value is -8.18. The van der Waals surface area contributed by atoms with Crippen molar-refractivity contribution in [2.75, 3.05) is 4.90 Å². The van der Waals surface area contributed by atoms with Crippen LogP contribution in [0.15, 0.2) is 221 Å². The van der Waals surface area contributed by atoms with Crippen LogP contribution in [0.25, 0.3) is 109 Å². The number of nitrogens with zero attached hydrogens (tertiary/aromatic N) is 1. The van der Waals surface area contributed by atoms with Gasteiger partial charge >= 0.3 is 0 Å². The van der Waals surface area contributed by atoms with Crippen LogP contribution in [0.5, 0.6) is 0 Å². The van der Waals surface area contributed by atoms with Crippen molar-refractivity contribution >= 4 is 92.4 Å². The van der Waals surface area contributed by atoms with Crippen molar-refractivity contribution in [2.45, 2.75) is 19.3 Å². The summed E-state index contributed by atoms with van der Waals surface area (Å²) in [5.74, 6) is 0. The molecule has 0 amide bonds. The SMILES string of the molecule is CC1(C)c2ccccc2-c2ccc(N(c3ccc(-c4cccc5c4sc4ccccc45)cc3)c3ccc4oc5c(-c6cccc(-c7ccccc7)c6)c6c(cc5c4c3)oc3ccccc36)cc21. The molecule has 0 bridgehead atoms. The standard InChI is InChI=1S/C63H41NO2S/c1-63(2)53-23-9-6-18-46(53)47-32-30-44(36-54(47)63)64(42-28-26-39(27-29-42)45-21-13-22-49-48-19-8-11-25-58(48)67-62(45)49)43-31-33-56-51(35-43)52-37-57-60(50-20-7-10-24-55(50)65-57)59(61(52)66-56)41-17-12-16-40(34-41)38-14-4-3-5-15-38/h3-37H,1-2H3. The molecule has 0 N–H and O–H groups in total. The van der Waals surface area contributed by atoms with Crippen molar-refractivity contribution < 1.29 is 8.83 Å². The van der Waals surface area contributed by atoms with Gasteiger partial charge in [0.15, 0.2) is 0 Å². The number of benzene rings is 10. The highest BCUT2D eigenvalue weighted by atomic mass is 32.1. The molecule has 3 nitrogen and oxygen atoms in total. The van der Waals surface area contributed by atoms with Crippen molar-refractivity contribution in [1.29, 1.82) is 0 Å². The molecule has 0 spiro atoms. The van der Waals surface area contributed by atoms with Crippen molar-refractivity contribution in [1.82, 2.24) is 0 Å². The highest BCUT2D eigenvalue weighted by Crippen LogP contribution is 2.52. The quantitative estimate of drug-likeness (QED) is 0.167. The van der Waals surface area contributed by atoms with Crippen LogP contribution in [0, 0.1) is 0 Å². The van der Waals surface area contributed by atoms with Gasteiger partial charge in [0.05, 0.1) is 0 Å². The lowest BCUT2D eigenvalue weighted by atomic mass is 9.82. The average molecular weight is 876 g/mol. The summed E-state index contributed by atoms with van der Waals surface area (Å²) in [4.78, 5) is 2.41. The van der Waals surface area contributed by atoms with Gasteiger partial charge < -0.3 is 13.7 Å². The van der Waals surface area contributed by atoms with E-state index in [1.807, 2.05) is 17.4 Å². The van der Waals surface area contributed by atoms with Crippen molar-refractivity contribution in [3.8, 4) is 44.5 Å². The average Bonchev–Trinajstić information content (AvgIpc) is 4.12. The van der Waals surface area contributed by atoms with Crippen LogP contribution in [-0.4, -0.2) is 0 Å². The maximum Gasteiger partial charge on any atom is 0.144 e. The molecule has 1 aliphatic carbocycles. The van der Waals surface area contributed by atoms with E-state index in [4.69, 9.17) is 8.83 Å². The van der Waals surface area contributed by atoms with E-state index in [0.717, 1.165) is 77.6 Å². The predicted octanol–water partition coefficient (Wildman–Crippen LogP) is 18.6. The molecule has 4 heteroatoms. The fourth-order valence-corrected chi connectivity index (χ4v) is 12.3. The Balaban J connectivity index is 0.971. The number of rotatable bonds is 6. The first-order valence-electron chi connectivity index (χ1n) is 23.0. The molecule has 10 aromatic carbocycles. The van der Waals surface area contributed by atoms with Crippen LogP contribution in [0.1, 0.15) is 25.0 Å². The molecule has 67 heavy (non-hydrogen) atoms. The summed E-state index contributed by atoms with van der Waals surface area (Å²) in [6.45, 7) is 4.70. The Morgan fingerprint density at radius 3 is 1.94 bits per heavy atom. The topological polar surface area (TPSA) is 29.5 Å². The lowest BCUT2D eigenvalue weighted by Crippen LogP contribution is -2.16. The molecule has 0 unspecified atom stereocenters. The van der Waals surface area contributed by atoms with E-state index in [1.165, 1.54) is 59.1 Å². The zero-order valence-electron chi connectivity index (χ0n) is 36.9. The molecule has 1 aliphatic rings. The summed E-state index contributed by atoms with van der Waals surface area (Å²) in [6.07, 6.45) is 0. The first kappa shape index (κ1) is 38.1. The van der Waals surface area contributed by atoms with Gasteiger partial charge in [0.2, 0.25) is 0 Å². The number of furan rings is 2. The summed E-state index contributed by atoms with van der Waals surface area (Å²) in [7, 11) is 0. The smallest absolute Gasteiger partial charge is 0.144 e. The fraction of sp³-hybridized carbons (Fsp3) is 0.0476. The van der Waals surface area contributed by atoms with Crippen molar-refractivity contribution in [3.05, 3.63) is 223 Å². The van der Waals surface area contributed by atoms with Crippen LogP contribution < -0.4 is 4.90 Å². The predicted molar refractivity (Wildman–Crippen MR) is 282 cm³/mol. The third kappa shape index (κ3) is 5.76. The summed E-state index contributed by atoms with van der Waals surface area (Å²) >= 11 is 1.87. The molecule has 14 rings (SSSR count). The van der Waals surface area contributed by atoms with Gasteiger partial charge in [-0.3, -0.25) is 0 Å². The Morgan fingerprint density at radius 1 is 0.388 bits per heavy atom. The number of thiophene rings is 1. The monoisotopic (exact) mass is 875 g/mol. The number of hydrogen-bond donors (Lipinski definition) is 0. The van der Waals surface area contributed by atoms with Crippen LogP contribution in [-0.2, 0) is 5.41 Å². The lowest BCUT2D eigenvalue weighted by Gasteiger charge is -2.28. The molecule has 0 fully saturated rings. The summed E-state index contributed by atoms with van der Waals surface area (Å²) in [6, 6.07) is 77.0. The molecular weight excluding hydrogens is 835 g/mol. The number of para-hydroxylation sites is 1. The molecule has 0 saturated heterocycles. The maximum atomic E-state index is 7.04. The molecule has 0 atom stereocenters. The minimum atomic E-state index is -0.155. The summed E-state index contributed by atoms with van der Waals surface area (Å²) < 4.78 is 16.4. The van der Waals surface area contributed by atoms with Crippen LogP contribution >= 0.6 is 11.3 Å². The molecular formula is C63H41NO2S. The molecule has 316 valence electrons. The van der Waals surface area contributed by atoms with E-state index in [2.05, 4.69) is 225 Å². The highest BCUT2D eigenvalue weighted by molar-refractivity contribution is 7.26. The van der Waals surface area contributed by atoms with Crippen LogP contribution in [0.2, 0.25) is 0 Å². The van der Waals surface area contributed by atoms with Crippen LogP contribution in [0.4, 0.5) is 17.1 Å². The zero-order chi connectivity index (χ0) is 44.4. The van der Waals surface area contributed by atoms with E-state index < -0.39 is 0 Å². The summed E-state index contributed by atoms with van der Waals surface area (Å²) in [5, 5.41) is 6.79. The van der Waals surface area contributed by atoms with E-state index in [-0.39, 0.29) is 5.41 Å². The van der Waals surface area contributed by atoms with Crippen LogP contribution in [0.3, 0.4) is 0 Å². The van der Waals surface area contributed by atoms with Gasteiger partial charge in [-0.1, -0.05) is 159 Å². The second-order valence-corrected chi connectivity index (χ2v) is 19.4. The molecule has 3 aromatic heterocycles. The first-order chi connectivity index (χ1) is 33.0.